The normalized spacial score (nSPS) is 11.3. The molecule has 0 amide bonds. The summed E-state index contributed by atoms with van der Waals surface area (Å²) in [7, 11) is 0. The smallest absolute Gasteiger partial charge is 0.164 e. The van der Waals surface area contributed by atoms with Gasteiger partial charge in [0.25, 0.3) is 0 Å². The number of pyridine rings is 2. The van der Waals surface area contributed by atoms with Crippen molar-refractivity contribution in [2.45, 2.75) is 0 Å². The van der Waals surface area contributed by atoms with Crippen molar-refractivity contribution in [1.82, 2.24) is 24.9 Å². The van der Waals surface area contributed by atoms with E-state index in [9.17, 15) is 0 Å². The van der Waals surface area contributed by atoms with Crippen LogP contribution in [0.3, 0.4) is 0 Å². The van der Waals surface area contributed by atoms with Gasteiger partial charge in [-0.3, -0.25) is 9.97 Å². The molecule has 8 aromatic rings. The summed E-state index contributed by atoms with van der Waals surface area (Å²) in [5.74, 6) is 1.86. The molecular formula is C37H23N5O. The number of rotatable bonds is 5. The molecule has 0 atom stereocenters. The Labute approximate surface area is 247 Å². The minimum atomic E-state index is 0.604. The molecule has 0 fully saturated rings. The Morgan fingerprint density at radius 3 is 1.53 bits per heavy atom. The molecule has 0 radical (unpaired) electrons. The van der Waals surface area contributed by atoms with Crippen LogP contribution in [0.5, 0.6) is 0 Å². The van der Waals surface area contributed by atoms with Gasteiger partial charge in [0.2, 0.25) is 0 Å². The van der Waals surface area contributed by atoms with Crippen LogP contribution in [-0.2, 0) is 0 Å². The van der Waals surface area contributed by atoms with Crippen LogP contribution in [-0.4, -0.2) is 24.9 Å². The maximum absolute atomic E-state index is 6.22. The summed E-state index contributed by atoms with van der Waals surface area (Å²) < 4.78 is 6.22. The molecule has 0 saturated carbocycles. The van der Waals surface area contributed by atoms with Crippen molar-refractivity contribution in [3.05, 3.63) is 140 Å². The van der Waals surface area contributed by atoms with Crippen molar-refractivity contribution in [1.29, 1.82) is 0 Å². The maximum Gasteiger partial charge on any atom is 0.164 e. The fraction of sp³-hybridized carbons (Fsp3) is 0. The molecule has 6 nitrogen and oxygen atoms in total. The lowest BCUT2D eigenvalue weighted by atomic mass is 10.0. The molecule has 4 aromatic heterocycles. The summed E-state index contributed by atoms with van der Waals surface area (Å²) in [5.41, 5.74) is 8.33. The number of nitrogens with zero attached hydrogens (tertiary/aromatic N) is 5. The van der Waals surface area contributed by atoms with Crippen molar-refractivity contribution in [2.75, 3.05) is 0 Å². The number of hydrogen-bond acceptors (Lipinski definition) is 6. The van der Waals surface area contributed by atoms with Gasteiger partial charge in [0.1, 0.15) is 11.2 Å². The van der Waals surface area contributed by atoms with Crippen molar-refractivity contribution in [3.8, 4) is 56.5 Å². The van der Waals surface area contributed by atoms with E-state index in [-0.39, 0.29) is 0 Å². The summed E-state index contributed by atoms with van der Waals surface area (Å²) in [5, 5.41) is 2.00. The van der Waals surface area contributed by atoms with E-state index >= 15 is 0 Å². The zero-order chi connectivity index (χ0) is 28.6. The first kappa shape index (κ1) is 24.8. The fourth-order valence-corrected chi connectivity index (χ4v) is 5.28. The van der Waals surface area contributed by atoms with E-state index < -0.39 is 0 Å². The van der Waals surface area contributed by atoms with Gasteiger partial charge in [0.15, 0.2) is 17.5 Å². The van der Waals surface area contributed by atoms with Crippen LogP contribution in [0.15, 0.2) is 144 Å². The molecule has 0 aliphatic rings. The molecule has 0 spiro atoms. The lowest BCUT2D eigenvalue weighted by molar-refractivity contribution is 0.669. The zero-order valence-corrected chi connectivity index (χ0v) is 22.9. The highest BCUT2D eigenvalue weighted by molar-refractivity contribution is 6.07. The summed E-state index contributed by atoms with van der Waals surface area (Å²) in [6.07, 6.45) is 5.50. The molecular weight excluding hydrogens is 530 g/mol. The Morgan fingerprint density at radius 2 is 0.953 bits per heavy atom. The number of furan rings is 1. The van der Waals surface area contributed by atoms with Crippen LogP contribution in [0.4, 0.5) is 0 Å². The van der Waals surface area contributed by atoms with Gasteiger partial charge in [0.05, 0.1) is 5.69 Å². The summed E-state index contributed by atoms with van der Waals surface area (Å²) in [4.78, 5) is 23.6. The lowest BCUT2D eigenvalue weighted by Gasteiger charge is -2.08. The minimum absolute atomic E-state index is 0.604. The molecule has 4 heterocycles. The predicted molar refractivity (Wildman–Crippen MR) is 170 cm³/mol. The van der Waals surface area contributed by atoms with E-state index in [2.05, 4.69) is 23.2 Å². The van der Waals surface area contributed by atoms with Crippen LogP contribution in [0, 0.1) is 0 Å². The second-order valence-corrected chi connectivity index (χ2v) is 10.2. The quantitative estimate of drug-likeness (QED) is 0.212. The van der Waals surface area contributed by atoms with E-state index in [1.54, 1.807) is 6.20 Å². The average molecular weight is 554 g/mol. The Hall–Kier alpha value is -6.01. The standard InChI is InChI=1S/C37H23N5O/c1-3-8-24(9-4-1)35-40-36(25-10-5-2-6-11-25)42-37(41-35)27-15-18-34-31(21-27)30-20-26(14-17-33(30)43-34)32-16-13-29(23-39-32)28-12-7-19-38-22-28/h1-23H. The van der Waals surface area contributed by atoms with Gasteiger partial charge in [-0.05, 0) is 48.5 Å². The van der Waals surface area contributed by atoms with Crippen molar-refractivity contribution in [2.24, 2.45) is 0 Å². The van der Waals surface area contributed by atoms with Crippen molar-refractivity contribution < 1.29 is 4.42 Å². The third-order valence-electron chi connectivity index (χ3n) is 7.48. The van der Waals surface area contributed by atoms with Gasteiger partial charge in [0, 0.05) is 62.7 Å². The van der Waals surface area contributed by atoms with Crippen LogP contribution < -0.4 is 0 Å². The third kappa shape index (κ3) is 4.71. The molecule has 43 heavy (non-hydrogen) atoms. The Balaban J connectivity index is 1.23. The molecule has 0 aliphatic carbocycles. The Bertz CT molecular complexity index is 2150. The topological polar surface area (TPSA) is 77.6 Å². The van der Waals surface area contributed by atoms with E-state index in [1.807, 2.05) is 116 Å². The first-order valence-electron chi connectivity index (χ1n) is 14.0. The molecule has 4 aromatic carbocycles. The first-order valence-corrected chi connectivity index (χ1v) is 14.0. The fourth-order valence-electron chi connectivity index (χ4n) is 5.28. The number of fused-ring (bicyclic) bond motifs is 3. The van der Waals surface area contributed by atoms with E-state index in [4.69, 9.17) is 24.4 Å². The van der Waals surface area contributed by atoms with Crippen molar-refractivity contribution in [3.63, 3.8) is 0 Å². The molecule has 202 valence electrons. The lowest BCUT2D eigenvalue weighted by Crippen LogP contribution is -2.00. The second kappa shape index (κ2) is 10.4. The van der Waals surface area contributed by atoms with Crippen molar-refractivity contribution >= 4 is 21.9 Å². The van der Waals surface area contributed by atoms with Gasteiger partial charge in [-0.25, -0.2) is 15.0 Å². The molecule has 6 heteroatoms. The highest BCUT2D eigenvalue weighted by Gasteiger charge is 2.15. The molecule has 0 aliphatic heterocycles. The van der Waals surface area contributed by atoms with E-state index in [0.29, 0.717) is 17.5 Å². The second-order valence-electron chi connectivity index (χ2n) is 10.2. The van der Waals surface area contributed by atoms with Gasteiger partial charge in [-0.15, -0.1) is 0 Å². The number of aromatic nitrogens is 5. The largest absolute Gasteiger partial charge is 0.456 e. The van der Waals surface area contributed by atoms with Crippen LogP contribution in [0.25, 0.3) is 78.5 Å². The first-order chi connectivity index (χ1) is 21.3. The maximum atomic E-state index is 6.22. The van der Waals surface area contributed by atoms with Crippen LogP contribution in [0.2, 0.25) is 0 Å². The highest BCUT2D eigenvalue weighted by Crippen LogP contribution is 2.35. The molecule has 8 rings (SSSR count). The Kier molecular flexibility index (Phi) is 6.01. The molecule has 0 unspecified atom stereocenters. The number of hydrogen-bond donors (Lipinski definition) is 0. The SMILES string of the molecule is c1ccc(-c2nc(-c3ccccc3)nc(-c3ccc4oc5ccc(-c6ccc(-c7cccnc7)cn6)cc5c4c3)n2)cc1. The van der Waals surface area contributed by atoms with Gasteiger partial charge >= 0.3 is 0 Å². The Morgan fingerprint density at radius 1 is 0.419 bits per heavy atom. The van der Waals surface area contributed by atoms with Gasteiger partial charge in [-0.1, -0.05) is 72.8 Å². The van der Waals surface area contributed by atoms with E-state index in [0.717, 1.165) is 61.0 Å². The van der Waals surface area contributed by atoms with Crippen LogP contribution >= 0.6 is 0 Å². The monoisotopic (exact) mass is 553 g/mol. The summed E-state index contributed by atoms with van der Waals surface area (Å²) in [6.45, 7) is 0. The average Bonchev–Trinajstić information content (AvgIpc) is 3.46. The zero-order valence-electron chi connectivity index (χ0n) is 22.9. The predicted octanol–water partition coefficient (Wildman–Crippen LogP) is 8.90. The van der Waals surface area contributed by atoms with Gasteiger partial charge in [-0.2, -0.15) is 0 Å². The summed E-state index contributed by atoms with van der Waals surface area (Å²) in [6, 6.07) is 40.3. The highest BCUT2D eigenvalue weighted by atomic mass is 16.3. The third-order valence-corrected chi connectivity index (χ3v) is 7.48. The minimum Gasteiger partial charge on any atom is -0.456 e. The van der Waals surface area contributed by atoms with Gasteiger partial charge < -0.3 is 4.42 Å². The molecule has 0 saturated heterocycles. The molecule has 0 bridgehead atoms. The molecule has 0 N–H and O–H groups in total. The van der Waals surface area contributed by atoms with Crippen LogP contribution in [0.1, 0.15) is 0 Å². The van der Waals surface area contributed by atoms with E-state index in [1.165, 1.54) is 0 Å². The summed E-state index contributed by atoms with van der Waals surface area (Å²) >= 11 is 0. The number of benzene rings is 4.